The lowest BCUT2D eigenvalue weighted by Crippen LogP contribution is -2.30. The number of carbonyl (C=O) groups is 3. The summed E-state index contributed by atoms with van der Waals surface area (Å²) in [5.41, 5.74) is 0. The largest absolute Gasteiger partial charge is 0.462 e. The van der Waals surface area contributed by atoms with Gasteiger partial charge >= 0.3 is 17.9 Å². The Hall–Kier alpha value is -5.75. The molecule has 0 aliphatic carbocycles. The van der Waals surface area contributed by atoms with Gasteiger partial charge in [0.25, 0.3) is 0 Å². The van der Waals surface area contributed by atoms with E-state index in [4.69, 9.17) is 14.2 Å². The fraction of sp³-hybridized carbons (Fsp3) is 0.507. The van der Waals surface area contributed by atoms with Crippen molar-refractivity contribution in [2.75, 3.05) is 13.2 Å². The number of carbonyl (C=O) groups excluding carboxylic acids is 3. The monoisotopic (exact) mass is 1050 g/mol. The van der Waals surface area contributed by atoms with Crippen LogP contribution >= 0.6 is 0 Å². The Kier molecular flexibility index (Phi) is 58.1. The third-order valence-electron chi connectivity index (χ3n) is 11.6. The Bertz CT molecular complexity index is 1880. The van der Waals surface area contributed by atoms with Crippen LogP contribution in [0.1, 0.15) is 213 Å². The van der Waals surface area contributed by atoms with Crippen LogP contribution < -0.4 is 0 Å². The van der Waals surface area contributed by atoms with Gasteiger partial charge in [-0.05, 0) is 148 Å². The van der Waals surface area contributed by atoms with Crippen LogP contribution in [0.15, 0.2) is 194 Å². The fourth-order valence-corrected chi connectivity index (χ4v) is 7.17. The number of esters is 3. The molecule has 0 saturated carbocycles. The normalized spacial score (nSPS) is 13.5. The molecule has 0 aromatic rings. The molecule has 0 N–H and O–H groups in total. The van der Waals surface area contributed by atoms with Crippen LogP contribution in [0.4, 0.5) is 0 Å². The van der Waals surface area contributed by atoms with E-state index in [1.807, 2.05) is 12.2 Å². The number of ether oxygens (including phenoxy) is 3. The molecule has 426 valence electrons. The van der Waals surface area contributed by atoms with E-state index in [9.17, 15) is 14.4 Å². The van der Waals surface area contributed by atoms with Gasteiger partial charge in [0, 0.05) is 19.3 Å². The molecule has 77 heavy (non-hydrogen) atoms. The Morgan fingerprint density at radius 1 is 0.273 bits per heavy atom. The standard InChI is InChI=1S/C71H106O6/c1-4-7-10-13-16-19-22-25-26-27-28-29-30-31-32-33-34-35-36-37-38-39-40-41-42-43-44-47-49-52-55-58-61-64-70(73)76-67-68(77-71(74)65-62-59-56-53-50-46-24-21-18-15-12-9-6-3)66-75-69(72)63-60-57-54-51-48-45-23-20-17-14-11-8-5-2/h7,9-12,14,16,18-21,23,25-26,28-29,31-32,34-35,37-38,40-41,43-44,46,49-50,52,56,59,68H,4-6,8,13,15,17,22,24,27,30,33,36,39,42,45,47-48,51,53-55,57-58,60-67H2,1-3H3/b10-7-,12-9-,14-11-,19-16-,21-18-,23-20-,26-25-,29-28-,32-31-,35-34-,38-37-,41-40-,44-43-,50-46-,52-49-,59-56-. The third kappa shape index (κ3) is 61.0. The summed E-state index contributed by atoms with van der Waals surface area (Å²) in [5.74, 6) is -1.09. The number of hydrogen-bond acceptors (Lipinski definition) is 6. The van der Waals surface area contributed by atoms with E-state index in [2.05, 4.69) is 203 Å². The molecule has 0 aliphatic heterocycles. The van der Waals surface area contributed by atoms with E-state index >= 15 is 0 Å². The lowest BCUT2D eigenvalue weighted by atomic mass is 10.1. The average Bonchev–Trinajstić information content (AvgIpc) is 3.43. The van der Waals surface area contributed by atoms with Crippen LogP contribution in [0, 0.1) is 0 Å². The highest BCUT2D eigenvalue weighted by atomic mass is 16.6. The van der Waals surface area contributed by atoms with Gasteiger partial charge in [-0.25, -0.2) is 0 Å². The van der Waals surface area contributed by atoms with E-state index in [-0.39, 0.29) is 38.0 Å². The fourth-order valence-electron chi connectivity index (χ4n) is 7.17. The van der Waals surface area contributed by atoms with Crippen molar-refractivity contribution in [2.24, 2.45) is 0 Å². The molecule has 1 unspecified atom stereocenters. The Balaban J connectivity index is 4.43. The van der Waals surface area contributed by atoms with Crippen molar-refractivity contribution in [1.29, 1.82) is 0 Å². The zero-order valence-electron chi connectivity index (χ0n) is 48.6. The number of rotatable bonds is 51. The minimum Gasteiger partial charge on any atom is -0.462 e. The summed E-state index contributed by atoms with van der Waals surface area (Å²) in [7, 11) is 0. The van der Waals surface area contributed by atoms with Crippen molar-refractivity contribution in [1.82, 2.24) is 0 Å². The molecular formula is C71H106O6. The lowest BCUT2D eigenvalue weighted by Gasteiger charge is -2.18. The van der Waals surface area contributed by atoms with Gasteiger partial charge in [-0.1, -0.05) is 241 Å². The molecule has 6 nitrogen and oxygen atoms in total. The third-order valence-corrected chi connectivity index (χ3v) is 11.6. The van der Waals surface area contributed by atoms with Gasteiger partial charge in [-0.2, -0.15) is 0 Å². The molecule has 0 amide bonds. The molecule has 0 spiro atoms. The van der Waals surface area contributed by atoms with Crippen molar-refractivity contribution >= 4 is 17.9 Å². The molecule has 0 radical (unpaired) electrons. The molecular weight excluding hydrogens is 949 g/mol. The topological polar surface area (TPSA) is 78.9 Å². The lowest BCUT2D eigenvalue weighted by molar-refractivity contribution is -0.166. The maximum absolute atomic E-state index is 12.8. The minimum atomic E-state index is -0.851. The summed E-state index contributed by atoms with van der Waals surface area (Å²) in [6, 6.07) is 0. The van der Waals surface area contributed by atoms with Gasteiger partial charge in [-0.3, -0.25) is 14.4 Å². The molecule has 1 atom stereocenters. The summed E-state index contributed by atoms with van der Waals surface area (Å²) in [6.07, 6.45) is 96.0. The molecule has 0 aromatic heterocycles. The number of hydrogen-bond donors (Lipinski definition) is 0. The first-order valence-electron chi connectivity index (χ1n) is 29.9. The molecule has 0 fully saturated rings. The Morgan fingerprint density at radius 2 is 0.532 bits per heavy atom. The summed E-state index contributed by atoms with van der Waals surface area (Å²) < 4.78 is 16.7. The van der Waals surface area contributed by atoms with Crippen LogP contribution in [0.3, 0.4) is 0 Å². The van der Waals surface area contributed by atoms with Crippen LogP contribution in [-0.4, -0.2) is 37.2 Å². The van der Waals surface area contributed by atoms with Gasteiger partial charge < -0.3 is 14.2 Å². The highest BCUT2D eigenvalue weighted by Crippen LogP contribution is 2.11. The average molecular weight is 1060 g/mol. The molecule has 0 rings (SSSR count). The zero-order chi connectivity index (χ0) is 55.7. The SMILES string of the molecule is CC/C=C\C/C=C\C/C=C\C/C=C\C/C=C\C/C=C\C/C=C\C/C=C\C/C=C\C/C=C\CCCCC(=O)OCC(COC(=O)CCCCCCC/C=C\C/C=C\CCC)OC(=O)CC/C=C\C/C=C\C/C=C\C/C=C\CC. The molecule has 0 aromatic carbocycles. The van der Waals surface area contributed by atoms with E-state index in [1.165, 1.54) is 6.42 Å². The van der Waals surface area contributed by atoms with Crippen LogP contribution in [0.25, 0.3) is 0 Å². The van der Waals surface area contributed by atoms with E-state index < -0.39 is 12.1 Å². The van der Waals surface area contributed by atoms with Crippen molar-refractivity contribution in [3.05, 3.63) is 194 Å². The summed E-state index contributed by atoms with van der Waals surface area (Å²) in [5, 5.41) is 0. The predicted molar refractivity (Wildman–Crippen MR) is 334 cm³/mol. The smallest absolute Gasteiger partial charge is 0.306 e. The minimum absolute atomic E-state index is 0.138. The number of unbranched alkanes of at least 4 members (excludes halogenated alkanes) is 8. The maximum atomic E-state index is 12.8. The predicted octanol–water partition coefficient (Wildman–Crippen LogP) is 20.6. The van der Waals surface area contributed by atoms with Crippen molar-refractivity contribution in [2.45, 2.75) is 219 Å². The van der Waals surface area contributed by atoms with Crippen LogP contribution in [0.2, 0.25) is 0 Å². The first-order valence-corrected chi connectivity index (χ1v) is 29.9. The van der Waals surface area contributed by atoms with Crippen molar-refractivity contribution in [3.63, 3.8) is 0 Å². The zero-order valence-corrected chi connectivity index (χ0v) is 48.6. The van der Waals surface area contributed by atoms with Crippen molar-refractivity contribution < 1.29 is 28.6 Å². The Morgan fingerprint density at radius 3 is 0.870 bits per heavy atom. The Labute approximate surface area is 471 Å². The van der Waals surface area contributed by atoms with Gasteiger partial charge in [-0.15, -0.1) is 0 Å². The second-order valence-electron chi connectivity index (χ2n) is 18.8. The summed E-state index contributed by atoms with van der Waals surface area (Å²) in [4.78, 5) is 38.1. The van der Waals surface area contributed by atoms with Gasteiger partial charge in [0.2, 0.25) is 0 Å². The summed E-state index contributed by atoms with van der Waals surface area (Å²) in [6.45, 7) is 6.20. The van der Waals surface area contributed by atoms with Crippen molar-refractivity contribution in [3.8, 4) is 0 Å². The highest BCUT2D eigenvalue weighted by Gasteiger charge is 2.19. The van der Waals surface area contributed by atoms with E-state index in [1.54, 1.807) is 0 Å². The molecule has 0 saturated heterocycles. The quantitative estimate of drug-likeness (QED) is 0.0261. The van der Waals surface area contributed by atoms with Crippen LogP contribution in [-0.2, 0) is 28.6 Å². The first kappa shape index (κ1) is 71.2. The van der Waals surface area contributed by atoms with Gasteiger partial charge in [0.05, 0.1) is 0 Å². The second-order valence-corrected chi connectivity index (χ2v) is 18.8. The van der Waals surface area contributed by atoms with E-state index in [0.29, 0.717) is 19.3 Å². The number of allylic oxidation sites excluding steroid dienone is 32. The van der Waals surface area contributed by atoms with Gasteiger partial charge in [0.1, 0.15) is 13.2 Å². The summed E-state index contributed by atoms with van der Waals surface area (Å²) >= 11 is 0. The molecule has 0 bridgehead atoms. The molecule has 0 aliphatic rings. The molecule has 0 heterocycles. The maximum Gasteiger partial charge on any atom is 0.306 e. The highest BCUT2D eigenvalue weighted by molar-refractivity contribution is 5.71. The van der Waals surface area contributed by atoms with Gasteiger partial charge in [0.15, 0.2) is 6.10 Å². The van der Waals surface area contributed by atoms with E-state index in [0.717, 1.165) is 154 Å². The first-order chi connectivity index (χ1) is 38.0. The second kappa shape index (κ2) is 62.8. The van der Waals surface area contributed by atoms with Crippen LogP contribution in [0.5, 0.6) is 0 Å². The molecule has 6 heteroatoms.